The van der Waals surface area contributed by atoms with Crippen molar-refractivity contribution in [1.29, 1.82) is 0 Å². The Balaban J connectivity index is 4.70. The van der Waals surface area contributed by atoms with Gasteiger partial charge in [-0.1, -0.05) is 0 Å². The van der Waals surface area contributed by atoms with Crippen LogP contribution >= 0.6 is 0 Å². The van der Waals surface area contributed by atoms with Crippen LogP contribution in [0.2, 0.25) is 19.6 Å². The van der Waals surface area contributed by atoms with Gasteiger partial charge in [-0.25, -0.2) is 0 Å². The van der Waals surface area contributed by atoms with Crippen molar-refractivity contribution in [1.82, 2.24) is 0 Å². The molecule has 0 aromatic carbocycles. The Morgan fingerprint density at radius 1 is 1.36 bits per heavy atom. The molecule has 0 aliphatic heterocycles. The fraction of sp³-hybridized carbons (Fsp3) is 0.700. The summed E-state index contributed by atoms with van der Waals surface area (Å²) in [6, 6.07) is 0. The summed E-state index contributed by atoms with van der Waals surface area (Å²) in [6.07, 6.45) is 1.21. The van der Waals surface area contributed by atoms with Crippen LogP contribution in [0, 0.1) is 0 Å². The fourth-order valence-corrected chi connectivity index (χ4v) is 2.82. The first-order valence-corrected chi connectivity index (χ1v) is 8.07. The quantitative estimate of drug-likeness (QED) is 0.446. The van der Waals surface area contributed by atoms with Crippen LogP contribution in [0.25, 0.3) is 0 Å². The highest BCUT2D eigenvalue weighted by molar-refractivity contribution is 6.69. The summed E-state index contributed by atoms with van der Waals surface area (Å²) in [5.74, 6) is -0.179. The van der Waals surface area contributed by atoms with Crippen LogP contribution in [-0.2, 0) is 9.22 Å². The van der Waals surface area contributed by atoms with Gasteiger partial charge in [-0.2, -0.15) is 0 Å². The second-order valence-corrected chi connectivity index (χ2v) is 9.29. The van der Waals surface area contributed by atoms with Crippen molar-refractivity contribution < 1.29 is 14.3 Å². The van der Waals surface area contributed by atoms with E-state index in [1.54, 1.807) is 13.8 Å². The fourth-order valence-electron chi connectivity index (χ4n) is 1.18. The Hall–Kier alpha value is -0.613. The van der Waals surface area contributed by atoms with Gasteiger partial charge < -0.3 is 9.53 Å². The molecule has 0 aliphatic carbocycles. The number of ketones is 1. The molecular formula is C10H20O3Si. The van der Waals surface area contributed by atoms with Gasteiger partial charge in [-0.3, -0.25) is 4.79 Å². The second kappa shape index (κ2) is 4.27. The van der Waals surface area contributed by atoms with E-state index in [0.29, 0.717) is 0 Å². The van der Waals surface area contributed by atoms with Crippen LogP contribution in [0.15, 0.2) is 11.8 Å². The molecule has 3 nitrogen and oxygen atoms in total. The molecule has 0 fully saturated rings. The predicted octanol–water partition coefficient (Wildman–Crippen LogP) is 2.65. The summed E-state index contributed by atoms with van der Waals surface area (Å²) in [5.41, 5.74) is -0.768. The molecular weight excluding hydrogens is 196 g/mol. The highest BCUT2D eigenvalue weighted by Gasteiger charge is 2.30. The van der Waals surface area contributed by atoms with E-state index in [1.165, 1.54) is 13.0 Å². The van der Waals surface area contributed by atoms with Crippen molar-refractivity contribution in [3.63, 3.8) is 0 Å². The first kappa shape index (κ1) is 13.4. The van der Waals surface area contributed by atoms with E-state index in [2.05, 4.69) is 0 Å². The topological polar surface area (TPSA) is 46.5 Å². The molecule has 0 radical (unpaired) electrons. The molecule has 0 bridgehead atoms. The van der Waals surface area contributed by atoms with E-state index in [9.17, 15) is 9.90 Å². The van der Waals surface area contributed by atoms with Crippen molar-refractivity contribution in [3.05, 3.63) is 11.8 Å². The molecule has 0 unspecified atom stereocenters. The van der Waals surface area contributed by atoms with E-state index in [0.717, 1.165) is 0 Å². The SMILES string of the molecule is CC(=O)C=C(O)C(C)(C)O[Si](C)(C)C. The number of aliphatic hydroxyl groups is 1. The van der Waals surface area contributed by atoms with Gasteiger partial charge in [-0.15, -0.1) is 0 Å². The largest absolute Gasteiger partial charge is 0.509 e. The zero-order valence-corrected chi connectivity index (χ0v) is 10.8. The van der Waals surface area contributed by atoms with E-state index in [1.807, 2.05) is 19.6 Å². The monoisotopic (exact) mass is 216 g/mol. The van der Waals surface area contributed by atoms with Crippen LogP contribution in [0.5, 0.6) is 0 Å². The van der Waals surface area contributed by atoms with Crippen LogP contribution in [-0.4, -0.2) is 24.8 Å². The highest BCUT2D eigenvalue weighted by atomic mass is 28.4. The van der Waals surface area contributed by atoms with Crippen LogP contribution < -0.4 is 0 Å². The molecule has 4 heteroatoms. The maximum absolute atomic E-state index is 10.8. The van der Waals surface area contributed by atoms with Gasteiger partial charge in [0, 0.05) is 6.08 Å². The standard InChI is InChI=1S/C10H20O3Si/c1-8(11)7-9(12)10(2,3)13-14(4,5)6/h7,12H,1-6H3. The molecule has 0 amide bonds. The van der Waals surface area contributed by atoms with Crippen LogP contribution in [0.1, 0.15) is 20.8 Å². The van der Waals surface area contributed by atoms with Gasteiger partial charge in [0.2, 0.25) is 0 Å². The Bertz CT molecular complexity index is 249. The maximum atomic E-state index is 10.8. The van der Waals surface area contributed by atoms with Gasteiger partial charge in [0.1, 0.15) is 11.4 Å². The lowest BCUT2D eigenvalue weighted by Gasteiger charge is -2.32. The zero-order chi connectivity index (χ0) is 11.6. The first-order chi connectivity index (χ1) is 6.04. The molecule has 0 aromatic heterocycles. The molecule has 0 saturated carbocycles. The lowest BCUT2D eigenvalue weighted by atomic mass is 10.1. The van der Waals surface area contributed by atoms with Crippen molar-refractivity contribution in [2.75, 3.05) is 0 Å². The Morgan fingerprint density at radius 3 is 2.07 bits per heavy atom. The third-order valence-electron chi connectivity index (χ3n) is 1.52. The van der Waals surface area contributed by atoms with Crippen LogP contribution in [0.3, 0.4) is 0 Å². The highest BCUT2D eigenvalue weighted by Crippen LogP contribution is 2.23. The van der Waals surface area contributed by atoms with Crippen LogP contribution in [0.4, 0.5) is 0 Å². The lowest BCUT2D eigenvalue weighted by molar-refractivity contribution is -0.113. The van der Waals surface area contributed by atoms with Crippen molar-refractivity contribution in [2.45, 2.75) is 46.0 Å². The molecule has 0 rings (SSSR count). The first-order valence-electron chi connectivity index (χ1n) is 4.66. The minimum atomic E-state index is -1.72. The number of hydrogen-bond acceptors (Lipinski definition) is 3. The van der Waals surface area contributed by atoms with E-state index < -0.39 is 13.9 Å². The number of rotatable bonds is 4. The summed E-state index contributed by atoms with van der Waals surface area (Å²) < 4.78 is 5.76. The Morgan fingerprint density at radius 2 is 1.79 bits per heavy atom. The number of carbonyl (C=O) groups excluding carboxylic acids is 1. The average molecular weight is 216 g/mol. The van der Waals surface area contributed by atoms with Crippen molar-refractivity contribution >= 4 is 14.1 Å². The number of carbonyl (C=O) groups is 1. The van der Waals surface area contributed by atoms with Gasteiger partial charge >= 0.3 is 0 Å². The van der Waals surface area contributed by atoms with Gasteiger partial charge in [0.15, 0.2) is 14.1 Å². The predicted molar refractivity (Wildman–Crippen MR) is 59.9 cm³/mol. The number of allylic oxidation sites excluding steroid dienone is 1. The normalized spacial score (nSPS) is 14.3. The molecule has 0 aliphatic rings. The van der Waals surface area contributed by atoms with E-state index >= 15 is 0 Å². The van der Waals surface area contributed by atoms with Gasteiger partial charge in [0.05, 0.1) is 0 Å². The maximum Gasteiger partial charge on any atom is 0.185 e. The molecule has 14 heavy (non-hydrogen) atoms. The molecule has 0 atom stereocenters. The summed E-state index contributed by atoms with van der Waals surface area (Å²) in [4.78, 5) is 10.8. The smallest absolute Gasteiger partial charge is 0.185 e. The lowest BCUT2D eigenvalue weighted by Crippen LogP contribution is -2.39. The van der Waals surface area contributed by atoms with E-state index in [4.69, 9.17) is 4.43 Å². The molecule has 0 spiro atoms. The minimum absolute atomic E-state index is 0.00701. The second-order valence-electron chi connectivity index (χ2n) is 4.86. The van der Waals surface area contributed by atoms with Gasteiger partial charge in [-0.05, 0) is 40.4 Å². The third-order valence-corrected chi connectivity index (χ3v) is 2.64. The molecule has 1 N–H and O–H groups in total. The third kappa shape index (κ3) is 5.19. The van der Waals surface area contributed by atoms with Crippen molar-refractivity contribution in [2.24, 2.45) is 0 Å². The summed E-state index contributed by atoms with van der Waals surface area (Å²) >= 11 is 0. The molecule has 0 aromatic rings. The Labute approximate surface area is 86.9 Å². The van der Waals surface area contributed by atoms with E-state index in [-0.39, 0.29) is 11.5 Å². The molecule has 82 valence electrons. The average Bonchev–Trinajstić information content (AvgIpc) is 1.78. The summed E-state index contributed by atoms with van der Waals surface area (Å²) in [6.45, 7) is 11.0. The molecule has 0 heterocycles. The Kier molecular flexibility index (Phi) is 4.09. The zero-order valence-electron chi connectivity index (χ0n) is 9.84. The number of aliphatic hydroxyl groups excluding tert-OH is 1. The minimum Gasteiger partial charge on any atom is -0.509 e. The van der Waals surface area contributed by atoms with Crippen molar-refractivity contribution in [3.8, 4) is 0 Å². The number of hydrogen-bond donors (Lipinski definition) is 1. The molecule has 0 saturated heterocycles. The summed E-state index contributed by atoms with van der Waals surface area (Å²) in [5, 5.41) is 9.65. The van der Waals surface area contributed by atoms with Gasteiger partial charge in [0.25, 0.3) is 0 Å². The summed E-state index contributed by atoms with van der Waals surface area (Å²) in [7, 11) is -1.72.